The fraction of sp³-hybridized carbons (Fsp3) is 0.278. The van der Waals surface area contributed by atoms with Gasteiger partial charge in [-0.15, -0.1) is 0 Å². The minimum Gasteiger partial charge on any atom is -0.442 e. The zero-order valence-electron chi connectivity index (χ0n) is 13.5. The van der Waals surface area contributed by atoms with Gasteiger partial charge in [-0.05, 0) is 49.4 Å². The molecule has 0 saturated heterocycles. The van der Waals surface area contributed by atoms with Crippen LogP contribution in [0, 0.1) is 6.92 Å². The fourth-order valence-electron chi connectivity index (χ4n) is 3.30. The molecule has 0 aliphatic heterocycles. The van der Waals surface area contributed by atoms with E-state index in [1.165, 1.54) is 22.0 Å². The predicted molar refractivity (Wildman–Crippen MR) is 90.4 cm³/mol. The van der Waals surface area contributed by atoms with Crippen LogP contribution in [0.3, 0.4) is 0 Å². The molecule has 0 bridgehead atoms. The number of furan rings is 1. The topological polar surface area (TPSA) is 77.1 Å². The lowest BCUT2D eigenvalue weighted by Crippen LogP contribution is -2.20. The van der Waals surface area contributed by atoms with Gasteiger partial charge in [0.25, 0.3) is 11.5 Å². The van der Waals surface area contributed by atoms with Crippen LogP contribution in [0.4, 0.5) is 5.69 Å². The Labute approximate surface area is 138 Å². The SMILES string of the molecule is Cc1oc2ncn(C)c(=O)c2c1C(=O)Nc1ccc2c(c1)CCC2. The molecule has 3 aromatic rings. The van der Waals surface area contributed by atoms with E-state index in [0.29, 0.717) is 5.76 Å². The molecule has 1 N–H and O–H groups in total. The highest BCUT2D eigenvalue weighted by atomic mass is 16.3. The lowest BCUT2D eigenvalue weighted by atomic mass is 10.1. The van der Waals surface area contributed by atoms with Gasteiger partial charge in [0.1, 0.15) is 17.5 Å². The lowest BCUT2D eigenvalue weighted by Gasteiger charge is -2.07. The second-order valence-electron chi connectivity index (χ2n) is 6.17. The number of amides is 1. The predicted octanol–water partition coefficient (Wildman–Crippen LogP) is 2.58. The first-order valence-corrected chi connectivity index (χ1v) is 7.92. The normalized spacial score (nSPS) is 13.2. The summed E-state index contributed by atoms with van der Waals surface area (Å²) >= 11 is 0. The maximum atomic E-state index is 12.7. The summed E-state index contributed by atoms with van der Waals surface area (Å²) in [5.41, 5.74) is 3.50. The molecule has 0 radical (unpaired) electrons. The van der Waals surface area contributed by atoms with Crippen molar-refractivity contribution in [1.29, 1.82) is 0 Å². The van der Waals surface area contributed by atoms with Crippen molar-refractivity contribution in [3.05, 3.63) is 57.3 Å². The third-order valence-electron chi connectivity index (χ3n) is 4.53. The molecule has 122 valence electrons. The second kappa shape index (κ2) is 5.33. The molecule has 1 aliphatic carbocycles. The molecule has 4 rings (SSSR count). The van der Waals surface area contributed by atoms with Crippen LogP contribution in [-0.2, 0) is 19.9 Å². The summed E-state index contributed by atoms with van der Waals surface area (Å²) in [5, 5.41) is 3.10. The Morgan fingerprint density at radius 3 is 2.92 bits per heavy atom. The summed E-state index contributed by atoms with van der Waals surface area (Å²) in [5.74, 6) is 0.0359. The Bertz CT molecular complexity index is 1030. The molecule has 0 unspecified atom stereocenters. The molecule has 24 heavy (non-hydrogen) atoms. The quantitative estimate of drug-likeness (QED) is 0.786. The highest BCUT2D eigenvalue weighted by molar-refractivity contribution is 6.12. The summed E-state index contributed by atoms with van der Waals surface area (Å²) in [7, 11) is 1.60. The smallest absolute Gasteiger partial charge is 0.265 e. The number of rotatable bonds is 2. The Hall–Kier alpha value is -2.89. The lowest BCUT2D eigenvalue weighted by molar-refractivity contribution is 0.102. The van der Waals surface area contributed by atoms with Crippen LogP contribution < -0.4 is 10.9 Å². The van der Waals surface area contributed by atoms with E-state index >= 15 is 0 Å². The average molecular weight is 323 g/mol. The van der Waals surface area contributed by atoms with E-state index in [4.69, 9.17) is 4.42 Å². The largest absolute Gasteiger partial charge is 0.442 e. The van der Waals surface area contributed by atoms with Gasteiger partial charge >= 0.3 is 0 Å². The van der Waals surface area contributed by atoms with E-state index in [9.17, 15) is 9.59 Å². The first kappa shape index (κ1) is 14.7. The number of carbonyl (C=O) groups is 1. The number of hydrogen-bond acceptors (Lipinski definition) is 4. The number of anilines is 1. The molecule has 2 aromatic heterocycles. The van der Waals surface area contributed by atoms with Crippen LogP contribution >= 0.6 is 0 Å². The third kappa shape index (κ3) is 2.22. The van der Waals surface area contributed by atoms with Crippen LogP contribution in [0.2, 0.25) is 0 Å². The number of carbonyl (C=O) groups excluding carboxylic acids is 1. The molecular formula is C18H17N3O3. The highest BCUT2D eigenvalue weighted by Crippen LogP contribution is 2.26. The van der Waals surface area contributed by atoms with Crippen molar-refractivity contribution in [3.63, 3.8) is 0 Å². The maximum Gasteiger partial charge on any atom is 0.265 e. The van der Waals surface area contributed by atoms with E-state index in [0.717, 1.165) is 24.9 Å². The molecule has 1 aromatic carbocycles. The summed E-state index contributed by atoms with van der Waals surface area (Å²) in [6, 6.07) is 5.96. The molecule has 0 atom stereocenters. The van der Waals surface area contributed by atoms with Gasteiger partial charge in [-0.1, -0.05) is 6.07 Å². The molecule has 0 saturated carbocycles. The van der Waals surface area contributed by atoms with Crippen molar-refractivity contribution in [2.45, 2.75) is 26.2 Å². The number of hydrogen-bond donors (Lipinski definition) is 1. The van der Waals surface area contributed by atoms with Crippen LogP contribution in [0.25, 0.3) is 11.1 Å². The van der Waals surface area contributed by atoms with E-state index in [1.54, 1.807) is 14.0 Å². The van der Waals surface area contributed by atoms with E-state index in [1.807, 2.05) is 12.1 Å². The highest BCUT2D eigenvalue weighted by Gasteiger charge is 2.23. The molecule has 1 amide bonds. The molecule has 0 fully saturated rings. The molecule has 6 nitrogen and oxygen atoms in total. The third-order valence-corrected chi connectivity index (χ3v) is 4.53. The zero-order valence-corrected chi connectivity index (χ0v) is 13.5. The van der Waals surface area contributed by atoms with Gasteiger partial charge in [-0.3, -0.25) is 9.59 Å². The maximum absolute atomic E-state index is 12.7. The number of aryl methyl sites for hydroxylation is 4. The number of nitrogens with zero attached hydrogens (tertiary/aromatic N) is 2. The van der Waals surface area contributed by atoms with Gasteiger partial charge in [0.2, 0.25) is 5.71 Å². The van der Waals surface area contributed by atoms with E-state index < -0.39 is 0 Å². The summed E-state index contributed by atoms with van der Waals surface area (Å²) in [4.78, 5) is 29.2. The Morgan fingerprint density at radius 2 is 2.08 bits per heavy atom. The van der Waals surface area contributed by atoms with Crippen LogP contribution in [0.1, 0.15) is 33.7 Å². The summed E-state index contributed by atoms with van der Waals surface area (Å²) in [6.07, 6.45) is 4.67. The standard InChI is InChI=1S/C18H17N3O3/c1-10-14(15-17(24-10)19-9-21(2)18(15)23)16(22)20-13-7-6-11-4-3-5-12(11)8-13/h6-9H,3-5H2,1-2H3,(H,20,22). The van der Waals surface area contributed by atoms with Gasteiger partial charge in [0.05, 0.1) is 5.56 Å². The van der Waals surface area contributed by atoms with Crippen molar-refractivity contribution in [2.75, 3.05) is 5.32 Å². The minimum absolute atomic E-state index is 0.190. The summed E-state index contributed by atoms with van der Waals surface area (Å²) < 4.78 is 6.82. The molecular weight excluding hydrogens is 306 g/mol. The molecule has 0 spiro atoms. The van der Waals surface area contributed by atoms with Gasteiger partial charge in [0.15, 0.2) is 0 Å². The fourth-order valence-corrected chi connectivity index (χ4v) is 3.30. The van der Waals surface area contributed by atoms with Crippen molar-refractivity contribution in [1.82, 2.24) is 9.55 Å². The van der Waals surface area contributed by atoms with Crippen LogP contribution in [-0.4, -0.2) is 15.5 Å². The van der Waals surface area contributed by atoms with E-state index in [-0.39, 0.29) is 28.1 Å². The van der Waals surface area contributed by atoms with Gasteiger partial charge in [-0.25, -0.2) is 4.98 Å². The Morgan fingerprint density at radius 1 is 1.29 bits per heavy atom. The van der Waals surface area contributed by atoms with Crippen molar-refractivity contribution in [2.24, 2.45) is 7.05 Å². The number of aromatic nitrogens is 2. The van der Waals surface area contributed by atoms with Crippen LogP contribution in [0.15, 0.2) is 33.7 Å². The van der Waals surface area contributed by atoms with Crippen molar-refractivity contribution < 1.29 is 9.21 Å². The summed E-state index contributed by atoms with van der Waals surface area (Å²) in [6.45, 7) is 1.67. The number of nitrogens with one attached hydrogen (secondary N) is 1. The van der Waals surface area contributed by atoms with E-state index in [2.05, 4.69) is 16.4 Å². The molecule has 6 heteroatoms. The van der Waals surface area contributed by atoms with Crippen LogP contribution in [0.5, 0.6) is 0 Å². The van der Waals surface area contributed by atoms with Crippen molar-refractivity contribution in [3.8, 4) is 0 Å². The second-order valence-corrected chi connectivity index (χ2v) is 6.17. The molecule has 2 heterocycles. The number of fused-ring (bicyclic) bond motifs is 2. The minimum atomic E-state index is -0.353. The monoisotopic (exact) mass is 323 g/mol. The zero-order chi connectivity index (χ0) is 16.8. The van der Waals surface area contributed by atoms with Gasteiger partial charge in [0, 0.05) is 12.7 Å². The Balaban J connectivity index is 1.75. The van der Waals surface area contributed by atoms with Gasteiger partial charge < -0.3 is 14.3 Å². The van der Waals surface area contributed by atoms with Gasteiger partial charge in [-0.2, -0.15) is 0 Å². The number of benzene rings is 1. The molecule has 1 aliphatic rings. The first-order chi connectivity index (χ1) is 11.5. The van der Waals surface area contributed by atoms with Crippen molar-refractivity contribution >= 4 is 22.7 Å². The Kier molecular flexibility index (Phi) is 3.26. The average Bonchev–Trinajstić information content (AvgIpc) is 3.14. The first-order valence-electron chi connectivity index (χ1n) is 7.92.